The second-order valence-electron chi connectivity index (χ2n) is 3.69. The molecule has 2 rings (SSSR count). The van der Waals surface area contributed by atoms with Crippen molar-refractivity contribution in [1.82, 2.24) is 0 Å². The minimum absolute atomic E-state index is 0.000430. The van der Waals surface area contributed by atoms with Crippen LogP contribution >= 0.6 is 11.3 Å². The molecule has 2 nitrogen and oxygen atoms in total. The topological polar surface area (TPSA) is 35.2 Å². The predicted octanol–water partition coefficient (Wildman–Crippen LogP) is 3.35. The largest absolute Gasteiger partial charge is 0.488 e. The summed E-state index contributed by atoms with van der Waals surface area (Å²) in [5, 5.41) is 2.05. The van der Waals surface area contributed by atoms with Crippen LogP contribution in [0.1, 0.15) is 23.4 Å². The van der Waals surface area contributed by atoms with Crippen LogP contribution in [0.4, 0.5) is 0 Å². The number of para-hydroxylation sites is 1. The van der Waals surface area contributed by atoms with Gasteiger partial charge in [-0.2, -0.15) is 0 Å². The minimum atomic E-state index is -0.000430. The van der Waals surface area contributed by atoms with Crippen molar-refractivity contribution in [2.45, 2.75) is 19.6 Å². The van der Waals surface area contributed by atoms with E-state index in [1.54, 1.807) is 11.3 Å². The summed E-state index contributed by atoms with van der Waals surface area (Å²) in [5.74, 6) is 0.880. The lowest BCUT2D eigenvalue weighted by Crippen LogP contribution is -2.07. The Morgan fingerprint density at radius 2 is 2.06 bits per heavy atom. The van der Waals surface area contributed by atoms with Gasteiger partial charge in [-0.3, -0.25) is 0 Å². The Hall–Kier alpha value is -1.32. The summed E-state index contributed by atoms with van der Waals surface area (Å²) < 4.78 is 5.77. The Morgan fingerprint density at radius 1 is 1.25 bits per heavy atom. The van der Waals surface area contributed by atoms with E-state index in [0.717, 1.165) is 11.3 Å². The van der Waals surface area contributed by atoms with E-state index in [1.165, 1.54) is 4.88 Å². The molecule has 2 aromatic rings. The summed E-state index contributed by atoms with van der Waals surface area (Å²) in [6, 6.07) is 12.0. The smallest absolute Gasteiger partial charge is 0.124 e. The molecule has 1 atom stereocenters. The molecule has 0 aliphatic heterocycles. The summed E-state index contributed by atoms with van der Waals surface area (Å²) in [7, 11) is 0. The summed E-state index contributed by atoms with van der Waals surface area (Å²) >= 11 is 1.70. The molecule has 84 valence electrons. The molecule has 0 saturated heterocycles. The van der Waals surface area contributed by atoms with Crippen molar-refractivity contribution in [3.05, 3.63) is 52.2 Å². The second kappa shape index (κ2) is 5.14. The summed E-state index contributed by atoms with van der Waals surface area (Å²) in [5.41, 5.74) is 6.94. The summed E-state index contributed by atoms with van der Waals surface area (Å²) in [4.78, 5) is 1.22. The maximum Gasteiger partial charge on any atom is 0.124 e. The van der Waals surface area contributed by atoms with Gasteiger partial charge in [-0.25, -0.2) is 0 Å². The monoisotopic (exact) mass is 233 g/mol. The minimum Gasteiger partial charge on any atom is -0.488 e. The normalized spacial score (nSPS) is 12.4. The zero-order chi connectivity index (χ0) is 11.4. The molecule has 0 bridgehead atoms. The average Bonchev–Trinajstić information content (AvgIpc) is 2.79. The Morgan fingerprint density at radius 3 is 2.75 bits per heavy atom. The SMILES string of the molecule is C[C@H](N)c1ccccc1OCc1cccs1. The first-order valence-corrected chi connectivity index (χ1v) is 6.15. The van der Waals surface area contributed by atoms with Crippen molar-refractivity contribution >= 4 is 11.3 Å². The number of benzene rings is 1. The van der Waals surface area contributed by atoms with Gasteiger partial charge in [-0.1, -0.05) is 24.3 Å². The molecule has 0 saturated carbocycles. The third kappa shape index (κ3) is 2.62. The second-order valence-corrected chi connectivity index (χ2v) is 4.73. The first kappa shape index (κ1) is 11.2. The molecular formula is C13H15NOS. The molecule has 0 spiro atoms. The molecule has 1 aromatic heterocycles. The highest BCUT2D eigenvalue weighted by Crippen LogP contribution is 2.24. The fourth-order valence-electron chi connectivity index (χ4n) is 1.53. The Kier molecular flexibility index (Phi) is 3.59. The van der Waals surface area contributed by atoms with Gasteiger partial charge in [0, 0.05) is 16.5 Å². The van der Waals surface area contributed by atoms with E-state index in [2.05, 4.69) is 11.4 Å². The molecule has 16 heavy (non-hydrogen) atoms. The highest BCUT2D eigenvalue weighted by atomic mass is 32.1. The first-order chi connectivity index (χ1) is 7.77. The number of nitrogens with two attached hydrogens (primary N) is 1. The van der Waals surface area contributed by atoms with Gasteiger partial charge in [0.15, 0.2) is 0 Å². The summed E-state index contributed by atoms with van der Waals surface area (Å²) in [6.07, 6.45) is 0. The van der Waals surface area contributed by atoms with E-state index in [0.29, 0.717) is 6.61 Å². The van der Waals surface area contributed by atoms with Gasteiger partial charge in [0.1, 0.15) is 12.4 Å². The zero-order valence-corrected chi connectivity index (χ0v) is 10.0. The van der Waals surface area contributed by atoms with Crippen molar-refractivity contribution in [3.63, 3.8) is 0 Å². The van der Waals surface area contributed by atoms with E-state index >= 15 is 0 Å². The van der Waals surface area contributed by atoms with E-state index in [4.69, 9.17) is 10.5 Å². The molecule has 1 heterocycles. The van der Waals surface area contributed by atoms with Crippen LogP contribution in [0.2, 0.25) is 0 Å². The van der Waals surface area contributed by atoms with Gasteiger partial charge in [-0.05, 0) is 24.4 Å². The fourth-order valence-corrected chi connectivity index (χ4v) is 2.15. The standard InChI is InChI=1S/C13H15NOS/c1-10(14)12-6-2-3-7-13(12)15-9-11-5-4-8-16-11/h2-8,10H,9,14H2,1H3/t10-/m0/s1. The van der Waals surface area contributed by atoms with Crippen molar-refractivity contribution in [3.8, 4) is 5.75 Å². The zero-order valence-electron chi connectivity index (χ0n) is 9.22. The molecule has 2 N–H and O–H groups in total. The van der Waals surface area contributed by atoms with E-state index in [-0.39, 0.29) is 6.04 Å². The highest BCUT2D eigenvalue weighted by molar-refractivity contribution is 7.09. The van der Waals surface area contributed by atoms with Gasteiger partial charge < -0.3 is 10.5 Å². The van der Waals surface area contributed by atoms with Crippen LogP contribution in [0, 0.1) is 0 Å². The Bertz CT molecular complexity index is 437. The molecule has 0 radical (unpaired) electrons. The molecule has 0 fully saturated rings. The highest BCUT2D eigenvalue weighted by Gasteiger charge is 2.07. The fraction of sp³-hybridized carbons (Fsp3) is 0.231. The van der Waals surface area contributed by atoms with Crippen LogP contribution in [-0.2, 0) is 6.61 Å². The van der Waals surface area contributed by atoms with Gasteiger partial charge in [-0.15, -0.1) is 11.3 Å². The van der Waals surface area contributed by atoms with Crippen LogP contribution in [-0.4, -0.2) is 0 Å². The number of rotatable bonds is 4. The molecule has 0 aliphatic carbocycles. The van der Waals surface area contributed by atoms with Gasteiger partial charge in [0.05, 0.1) is 0 Å². The quantitative estimate of drug-likeness (QED) is 0.879. The van der Waals surface area contributed by atoms with E-state index in [9.17, 15) is 0 Å². The number of hydrogen-bond donors (Lipinski definition) is 1. The lowest BCUT2D eigenvalue weighted by molar-refractivity contribution is 0.305. The third-order valence-electron chi connectivity index (χ3n) is 2.36. The molecule has 0 unspecified atom stereocenters. The van der Waals surface area contributed by atoms with E-state index in [1.807, 2.05) is 37.3 Å². The first-order valence-electron chi connectivity index (χ1n) is 5.27. The van der Waals surface area contributed by atoms with Crippen molar-refractivity contribution in [1.29, 1.82) is 0 Å². The number of ether oxygens (including phenoxy) is 1. The van der Waals surface area contributed by atoms with Gasteiger partial charge >= 0.3 is 0 Å². The Labute approximate surface area is 99.7 Å². The lowest BCUT2D eigenvalue weighted by Gasteiger charge is -2.13. The molecule has 0 aliphatic rings. The van der Waals surface area contributed by atoms with Crippen molar-refractivity contribution in [2.24, 2.45) is 5.73 Å². The summed E-state index contributed by atoms with van der Waals surface area (Å²) in [6.45, 7) is 2.58. The number of hydrogen-bond acceptors (Lipinski definition) is 3. The number of thiophene rings is 1. The lowest BCUT2D eigenvalue weighted by atomic mass is 10.1. The maximum atomic E-state index is 5.89. The van der Waals surface area contributed by atoms with Gasteiger partial charge in [0.2, 0.25) is 0 Å². The molecular weight excluding hydrogens is 218 g/mol. The molecule has 3 heteroatoms. The van der Waals surface area contributed by atoms with Crippen LogP contribution in [0.25, 0.3) is 0 Å². The van der Waals surface area contributed by atoms with E-state index < -0.39 is 0 Å². The molecule has 0 amide bonds. The van der Waals surface area contributed by atoms with Crippen LogP contribution in [0.3, 0.4) is 0 Å². The van der Waals surface area contributed by atoms with Gasteiger partial charge in [0.25, 0.3) is 0 Å². The van der Waals surface area contributed by atoms with Crippen LogP contribution in [0.5, 0.6) is 5.75 Å². The van der Waals surface area contributed by atoms with Crippen LogP contribution < -0.4 is 10.5 Å². The predicted molar refractivity (Wildman–Crippen MR) is 67.7 cm³/mol. The average molecular weight is 233 g/mol. The van der Waals surface area contributed by atoms with Crippen LogP contribution in [0.15, 0.2) is 41.8 Å². The maximum absolute atomic E-state index is 5.89. The van der Waals surface area contributed by atoms with Crippen molar-refractivity contribution in [2.75, 3.05) is 0 Å². The third-order valence-corrected chi connectivity index (χ3v) is 3.21. The van der Waals surface area contributed by atoms with Crippen molar-refractivity contribution < 1.29 is 4.74 Å². The molecule has 1 aromatic carbocycles. The Balaban J connectivity index is 2.09.